The summed E-state index contributed by atoms with van der Waals surface area (Å²) in [4.78, 5) is 2.47. The van der Waals surface area contributed by atoms with Gasteiger partial charge < -0.3 is 10.5 Å². The smallest absolute Gasteiger partial charge is 0.145 e. The fraction of sp³-hybridized carbons (Fsp3) is 0.231. The van der Waals surface area contributed by atoms with Gasteiger partial charge >= 0.3 is 0 Å². The highest BCUT2D eigenvalue weighted by molar-refractivity contribution is 14.1. The van der Waals surface area contributed by atoms with Crippen molar-refractivity contribution in [1.82, 2.24) is 0 Å². The van der Waals surface area contributed by atoms with E-state index in [1.807, 2.05) is 24.3 Å². The third-order valence-electron chi connectivity index (χ3n) is 2.40. The largest absolute Gasteiger partial charge is 0.482 e. The molecule has 1 aromatic heterocycles. The summed E-state index contributed by atoms with van der Waals surface area (Å²) in [6.07, 6.45) is -0.0513. The molecule has 1 unspecified atom stereocenters. The van der Waals surface area contributed by atoms with Gasteiger partial charge in [-0.2, -0.15) is 0 Å². The maximum Gasteiger partial charge on any atom is 0.145 e. The molecule has 0 radical (unpaired) electrons. The maximum absolute atomic E-state index is 5.97. The van der Waals surface area contributed by atoms with Crippen molar-refractivity contribution in [2.75, 3.05) is 6.54 Å². The number of thiophene rings is 1. The third-order valence-corrected chi connectivity index (χ3v) is 4.38. The molecule has 1 heterocycles. The molecule has 0 aliphatic heterocycles. The second kappa shape index (κ2) is 5.84. The number of para-hydroxylation sites is 1. The van der Waals surface area contributed by atoms with Crippen molar-refractivity contribution in [3.63, 3.8) is 0 Å². The molecule has 17 heavy (non-hydrogen) atoms. The highest BCUT2D eigenvalue weighted by Gasteiger charge is 2.14. The Labute approximate surface area is 119 Å². The first-order valence-electron chi connectivity index (χ1n) is 5.38. The van der Waals surface area contributed by atoms with Crippen molar-refractivity contribution in [2.24, 2.45) is 5.73 Å². The Balaban J connectivity index is 2.18. The molecule has 90 valence electrons. The van der Waals surface area contributed by atoms with Gasteiger partial charge in [-0.25, -0.2) is 0 Å². The molecule has 1 atom stereocenters. The highest BCUT2D eigenvalue weighted by atomic mass is 127. The van der Waals surface area contributed by atoms with Crippen LogP contribution in [0.4, 0.5) is 0 Å². The van der Waals surface area contributed by atoms with Crippen LogP contribution in [0, 0.1) is 10.5 Å². The van der Waals surface area contributed by atoms with Gasteiger partial charge in [-0.1, -0.05) is 12.1 Å². The molecule has 0 amide bonds. The summed E-state index contributed by atoms with van der Waals surface area (Å²) in [5.41, 5.74) is 5.79. The molecule has 2 nitrogen and oxygen atoms in total. The standard InChI is InChI=1S/C13H14INOS/c1-9-6-7-13(17-9)12(8-15)16-11-5-3-2-4-10(11)14/h2-7,12H,8,15H2,1H3. The van der Waals surface area contributed by atoms with Gasteiger partial charge in [0.1, 0.15) is 11.9 Å². The van der Waals surface area contributed by atoms with Gasteiger partial charge in [-0.05, 0) is 53.8 Å². The average Bonchev–Trinajstić information content (AvgIpc) is 2.75. The topological polar surface area (TPSA) is 35.2 Å². The molecular weight excluding hydrogens is 345 g/mol. The van der Waals surface area contributed by atoms with Crippen molar-refractivity contribution < 1.29 is 4.74 Å². The van der Waals surface area contributed by atoms with Crippen LogP contribution in [-0.2, 0) is 0 Å². The Kier molecular flexibility index (Phi) is 4.42. The zero-order chi connectivity index (χ0) is 12.3. The third kappa shape index (κ3) is 3.20. The number of nitrogens with two attached hydrogens (primary N) is 1. The van der Waals surface area contributed by atoms with E-state index in [0.29, 0.717) is 6.54 Å². The Bertz CT molecular complexity index is 498. The SMILES string of the molecule is Cc1ccc(C(CN)Oc2ccccc2I)s1. The van der Waals surface area contributed by atoms with E-state index in [9.17, 15) is 0 Å². The van der Waals surface area contributed by atoms with E-state index < -0.39 is 0 Å². The van der Waals surface area contributed by atoms with Gasteiger partial charge in [0.25, 0.3) is 0 Å². The van der Waals surface area contributed by atoms with Crippen molar-refractivity contribution >= 4 is 33.9 Å². The fourth-order valence-electron chi connectivity index (χ4n) is 1.54. The minimum atomic E-state index is -0.0513. The lowest BCUT2D eigenvalue weighted by molar-refractivity contribution is 0.216. The summed E-state index contributed by atoms with van der Waals surface area (Å²) in [6, 6.07) is 12.2. The summed E-state index contributed by atoms with van der Waals surface area (Å²) in [5.74, 6) is 0.898. The van der Waals surface area contributed by atoms with Crippen LogP contribution in [-0.4, -0.2) is 6.54 Å². The van der Waals surface area contributed by atoms with Crippen LogP contribution >= 0.6 is 33.9 Å². The molecule has 2 aromatic rings. The van der Waals surface area contributed by atoms with Gasteiger partial charge in [0.05, 0.1) is 3.57 Å². The number of hydrogen-bond donors (Lipinski definition) is 1. The number of benzene rings is 1. The molecule has 4 heteroatoms. The fourth-order valence-corrected chi connectivity index (χ4v) is 2.98. The first-order valence-corrected chi connectivity index (χ1v) is 7.28. The van der Waals surface area contributed by atoms with Crippen LogP contribution in [0.2, 0.25) is 0 Å². The van der Waals surface area contributed by atoms with Gasteiger partial charge in [-0.15, -0.1) is 11.3 Å². The molecule has 0 bridgehead atoms. The highest BCUT2D eigenvalue weighted by Crippen LogP contribution is 2.29. The number of aryl methyl sites for hydroxylation is 1. The van der Waals surface area contributed by atoms with Crippen molar-refractivity contribution in [3.05, 3.63) is 49.7 Å². The van der Waals surface area contributed by atoms with E-state index in [0.717, 1.165) is 9.32 Å². The van der Waals surface area contributed by atoms with E-state index in [2.05, 4.69) is 41.6 Å². The predicted octanol–water partition coefficient (Wildman–Crippen LogP) is 3.74. The average molecular weight is 359 g/mol. The molecule has 1 aromatic carbocycles. The Morgan fingerprint density at radius 2 is 2.06 bits per heavy atom. The molecular formula is C13H14INOS. The maximum atomic E-state index is 5.97. The van der Waals surface area contributed by atoms with Gasteiger partial charge in [0, 0.05) is 16.3 Å². The monoisotopic (exact) mass is 359 g/mol. The molecule has 0 aliphatic rings. The quantitative estimate of drug-likeness (QED) is 0.845. The summed E-state index contributed by atoms with van der Waals surface area (Å²) >= 11 is 4.01. The first-order chi connectivity index (χ1) is 8.20. The van der Waals surface area contributed by atoms with Crippen molar-refractivity contribution in [1.29, 1.82) is 0 Å². The van der Waals surface area contributed by atoms with E-state index in [1.165, 1.54) is 9.75 Å². The molecule has 0 saturated carbocycles. The lowest BCUT2D eigenvalue weighted by atomic mass is 10.3. The molecule has 2 rings (SSSR count). The zero-order valence-corrected chi connectivity index (χ0v) is 12.5. The van der Waals surface area contributed by atoms with E-state index in [1.54, 1.807) is 11.3 Å². The minimum absolute atomic E-state index is 0.0513. The lowest BCUT2D eigenvalue weighted by Gasteiger charge is -2.17. The van der Waals surface area contributed by atoms with Gasteiger partial charge in [0.2, 0.25) is 0 Å². The van der Waals surface area contributed by atoms with Crippen LogP contribution < -0.4 is 10.5 Å². The summed E-state index contributed by atoms with van der Waals surface area (Å²) in [6.45, 7) is 2.58. The van der Waals surface area contributed by atoms with E-state index >= 15 is 0 Å². The molecule has 0 spiro atoms. The zero-order valence-electron chi connectivity index (χ0n) is 9.52. The Morgan fingerprint density at radius 1 is 1.29 bits per heavy atom. The Morgan fingerprint density at radius 3 is 2.65 bits per heavy atom. The number of hydrogen-bond acceptors (Lipinski definition) is 3. The second-order valence-electron chi connectivity index (χ2n) is 3.72. The number of ether oxygens (including phenoxy) is 1. The molecule has 0 aliphatic carbocycles. The predicted molar refractivity (Wildman–Crippen MR) is 80.6 cm³/mol. The van der Waals surface area contributed by atoms with Crippen LogP contribution in [0.3, 0.4) is 0 Å². The second-order valence-corrected chi connectivity index (χ2v) is 6.20. The van der Waals surface area contributed by atoms with E-state index in [-0.39, 0.29) is 6.10 Å². The lowest BCUT2D eigenvalue weighted by Crippen LogP contribution is -2.17. The Hall–Kier alpha value is -0.590. The first kappa shape index (κ1) is 12.9. The van der Waals surface area contributed by atoms with Crippen LogP contribution in [0.15, 0.2) is 36.4 Å². The number of rotatable bonds is 4. The van der Waals surface area contributed by atoms with Gasteiger partial charge in [0.15, 0.2) is 0 Å². The molecule has 0 fully saturated rings. The minimum Gasteiger partial charge on any atom is -0.482 e. The van der Waals surface area contributed by atoms with Crippen LogP contribution in [0.5, 0.6) is 5.75 Å². The number of halogens is 1. The molecule has 0 saturated heterocycles. The van der Waals surface area contributed by atoms with Crippen LogP contribution in [0.1, 0.15) is 15.9 Å². The van der Waals surface area contributed by atoms with E-state index in [4.69, 9.17) is 10.5 Å². The molecule has 2 N–H and O–H groups in total. The van der Waals surface area contributed by atoms with Crippen molar-refractivity contribution in [2.45, 2.75) is 13.0 Å². The summed E-state index contributed by atoms with van der Waals surface area (Å²) in [5, 5.41) is 0. The van der Waals surface area contributed by atoms with Crippen molar-refractivity contribution in [3.8, 4) is 5.75 Å². The normalized spacial score (nSPS) is 12.4. The summed E-state index contributed by atoms with van der Waals surface area (Å²) < 4.78 is 7.08. The summed E-state index contributed by atoms with van der Waals surface area (Å²) in [7, 11) is 0. The van der Waals surface area contributed by atoms with Crippen LogP contribution in [0.25, 0.3) is 0 Å². The van der Waals surface area contributed by atoms with Gasteiger partial charge in [-0.3, -0.25) is 0 Å².